The Morgan fingerprint density at radius 2 is 1.79 bits per heavy atom. The highest BCUT2D eigenvalue weighted by Gasteiger charge is 2.23. The average molecular weight is 464 g/mol. The van der Waals surface area contributed by atoms with Gasteiger partial charge < -0.3 is 28.5 Å². The molecule has 176 valence electrons. The van der Waals surface area contributed by atoms with Gasteiger partial charge in [0.2, 0.25) is 11.6 Å². The maximum Gasteiger partial charge on any atom is 0.305 e. The summed E-state index contributed by atoms with van der Waals surface area (Å²) < 4.78 is 28.1. The Morgan fingerprint density at radius 3 is 2.47 bits per heavy atom. The van der Waals surface area contributed by atoms with E-state index in [1.807, 2.05) is 54.6 Å². The lowest BCUT2D eigenvalue weighted by Crippen LogP contribution is -2.25. The normalized spacial score (nSPS) is 11.9. The number of rotatable bonds is 11. The quantitative estimate of drug-likeness (QED) is 0.322. The van der Waals surface area contributed by atoms with Crippen LogP contribution < -0.4 is 9.47 Å². The first-order valence-electron chi connectivity index (χ1n) is 10.6. The van der Waals surface area contributed by atoms with Gasteiger partial charge in [0.15, 0.2) is 6.29 Å². The summed E-state index contributed by atoms with van der Waals surface area (Å²) in [5, 5.41) is 9.41. The number of nitrogens with zero attached hydrogens (tertiary/aromatic N) is 2. The number of aliphatic carboxylic acids is 1. The van der Waals surface area contributed by atoms with Crippen LogP contribution in [0.2, 0.25) is 0 Å². The minimum Gasteiger partial charge on any atom is -0.497 e. The lowest BCUT2D eigenvalue weighted by molar-refractivity contribution is -0.153. The van der Waals surface area contributed by atoms with E-state index in [9.17, 15) is 4.79 Å². The van der Waals surface area contributed by atoms with Crippen LogP contribution in [0.1, 0.15) is 6.42 Å². The zero-order valence-electron chi connectivity index (χ0n) is 18.8. The Hall–Kier alpha value is -3.95. The Balaban J connectivity index is 1.73. The first-order chi connectivity index (χ1) is 16.6. The van der Waals surface area contributed by atoms with E-state index < -0.39 is 12.3 Å². The Bertz CT molecular complexity index is 1240. The number of benzene rings is 2. The standard InChI is InChI=1S/C25H24N2O7/c1-30-18-10-8-16(9-11-18)21-22-24(33-14-20(31-2)32-13-12-19(28)29)26-15-27-25(22)34-23(21)17-6-4-3-5-7-17/h3-11,15,20H,12-14H2,1-2H3,(H,28,29). The van der Waals surface area contributed by atoms with Crippen LogP contribution in [0.5, 0.6) is 11.6 Å². The van der Waals surface area contributed by atoms with E-state index in [4.69, 9.17) is 28.5 Å². The molecule has 34 heavy (non-hydrogen) atoms. The van der Waals surface area contributed by atoms with Crippen LogP contribution in [-0.2, 0) is 14.3 Å². The van der Waals surface area contributed by atoms with Gasteiger partial charge in [0.05, 0.1) is 20.1 Å². The molecule has 2 heterocycles. The SMILES string of the molecule is COc1ccc(-c2c(-c3ccccc3)oc3ncnc(OCC(OC)OCCC(=O)O)c23)cc1. The van der Waals surface area contributed by atoms with Gasteiger partial charge in [0.25, 0.3) is 0 Å². The molecule has 0 amide bonds. The minimum absolute atomic E-state index is 0.00263. The smallest absolute Gasteiger partial charge is 0.305 e. The lowest BCUT2D eigenvalue weighted by Gasteiger charge is -2.16. The van der Waals surface area contributed by atoms with Crippen molar-refractivity contribution < 1.29 is 33.3 Å². The van der Waals surface area contributed by atoms with Crippen molar-refractivity contribution in [1.82, 2.24) is 9.97 Å². The van der Waals surface area contributed by atoms with Gasteiger partial charge in [-0.2, -0.15) is 0 Å². The number of hydrogen-bond donors (Lipinski definition) is 1. The highest BCUT2D eigenvalue weighted by atomic mass is 16.7. The second-order valence-electron chi connectivity index (χ2n) is 7.25. The highest BCUT2D eigenvalue weighted by molar-refractivity contribution is 6.03. The third kappa shape index (κ3) is 5.16. The molecule has 2 aromatic carbocycles. The van der Waals surface area contributed by atoms with Crippen molar-refractivity contribution in [3.05, 3.63) is 60.9 Å². The summed E-state index contributed by atoms with van der Waals surface area (Å²) in [6.45, 7) is -0.00646. The second-order valence-corrected chi connectivity index (χ2v) is 7.25. The molecule has 1 atom stereocenters. The van der Waals surface area contributed by atoms with Gasteiger partial charge in [-0.15, -0.1) is 0 Å². The summed E-state index contributed by atoms with van der Waals surface area (Å²) >= 11 is 0. The molecule has 0 bridgehead atoms. The molecule has 9 heteroatoms. The molecule has 2 aromatic heterocycles. The summed E-state index contributed by atoms with van der Waals surface area (Å²) in [6, 6.07) is 17.3. The molecule has 4 rings (SSSR count). The summed E-state index contributed by atoms with van der Waals surface area (Å²) in [5.41, 5.74) is 2.90. The second kappa shape index (κ2) is 10.8. The largest absolute Gasteiger partial charge is 0.497 e. The van der Waals surface area contributed by atoms with Gasteiger partial charge >= 0.3 is 5.97 Å². The van der Waals surface area contributed by atoms with Gasteiger partial charge in [0, 0.05) is 18.2 Å². The van der Waals surface area contributed by atoms with Crippen molar-refractivity contribution in [3.63, 3.8) is 0 Å². The molecule has 0 spiro atoms. The molecule has 4 aromatic rings. The topological polar surface area (TPSA) is 113 Å². The number of ether oxygens (including phenoxy) is 4. The number of carboxylic acid groups (broad SMARTS) is 1. The van der Waals surface area contributed by atoms with Crippen molar-refractivity contribution >= 4 is 17.1 Å². The molecule has 1 N–H and O–H groups in total. The van der Waals surface area contributed by atoms with Crippen molar-refractivity contribution in [2.75, 3.05) is 27.4 Å². The Morgan fingerprint density at radius 1 is 1.03 bits per heavy atom. The maximum absolute atomic E-state index is 10.7. The number of fused-ring (bicyclic) bond motifs is 1. The van der Waals surface area contributed by atoms with Crippen LogP contribution in [0.25, 0.3) is 33.6 Å². The predicted molar refractivity (Wildman–Crippen MR) is 124 cm³/mol. The molecule has 0 aliphatic rings. The number of aromatic nitrogens is 2. The van der Waals surface area contributed by atoms with E-state index in [0.717, 1.165) is 22.4 Å². The van der Waals surface area contributed by atoms with Crippen molar-refractivity contribution in [1.29, 1.82) is 0 Å². The van der Waals surface area contributed by atoms with Crippen molar-refractivity contribution in [3.8, 4) is 34.1 Å². The highest BCUT2D eigenvalue weighted by Crippen LogP contribution is 2.43. The van der Waals surface area contributed by atoms with E-state index in [0.29, 0.717) is 22.7 Å². The number of hydrogen-bond acceptors (Lipinski definition) is 8. The number of carbonyl (C=O) groups is 1. The summed E-state index contributed by atoms with van der Waals surface area (Å²) in [5.74, 6) is 0.703. The van der Waals surface area contributed by atoms with Crippen LogP contribution in [-0.4, -0.2) is 54.8 Å². The molecule has 0 saturated carbocycles. The van der Waals surface area contributed by atoms with Gasteiger partial charge in [-0.25, -0.2) is 9.97 Å². The van der Waals surface area contributed by atoms with E-state index in [2.05, 4.69) is 9.97 Å². The van der Waals surface area contributed by atoms with Gasteiger partial charge in [-0.3, -0.25) is 4.79 Å². The van der Waals surface area contributed by atoms with Crippen molar-refractivity contribution in [2.45, 2.75) is 12.7 Å². The molecule has 1 unspecified atom stereocenters. The van der Waals surface area contributed by atoms with E-state index >= 15 is 0 Å². The molecule has 0 aliphatic heterocycles. The number of carboxylic acids is 1. The fourth-order valence-electron chi connectivity index (χ4n) is 3.45. The summed E-state index contributed by atoms with van der Waals surface area (Å²) in [6.07, 6.45) is 0.455. The molecular formula is C25H24N2O7. The van der Waals surface area contributed by atoms with Gasteiger partial charge in [-0.1, -0.05) is 42.5 Å². The molecular weight excluding hydrogens is 440 g/mol. The predicted octanol–water partition coefficient (Wildman–Crippen LogP) is 4.41. The van der Waals surface area contributed by atoms with Crippen molar-refractivity contribution in [2.24, 2.45) is 0 Å². The molecule has 0 aliphatic carbocycles. The zero-order valence-corrected chi connectivity index (χ0v) is 18.8. The van der Waals surface area contributed by atoms with E-state index in [1.165, 1.54) is 13.4 Å². The number of methoxy groups -OCH3 is 2. The third-order valence-electron chi connectivity index (χ3n) is 5.11. The van der Waals surface area contributed by atoms with Crippen LogP contribution in [0.3, 0.4) is 0 Å². The van der Waals surface area contributed by atoms with Crippen LogP contribution in [0, 0.1) is 0 Å². The average Bonchev–Trinajstić information content (AvgIpc) is 3.27. The molecule has 0 fully saturated rings. The fourth-order valence-corrected chi connectivity index (χ4v) is 3.45. The molecule has 9 nitrogen and oxygen atoms in total. The Labute approximate surface area is 195 Å². The lowest BCUT2D eigenvalue weighted by atomic mass is 9.99. The van der Waals surface area contributed by atoms with Crippen LogP contribution in [0.15, 0.2) is 65.3 Å². The van der Waals surface area contributed by atoms with Gasteiger partial charge in [0.1, 0.15) is 29.8 Å². The first-order valence-corrected chi connectivity index (χ1v) is 10.6. The fraction of sp³-hybridized carbons (Fsp3) is 0.240. The summed E-state index contributed by atoms with van der Waals surface area (Å²) in [4.78, 5) is 19.4. The number of furan rings is 1. The Kier molecular flexibility index (Phi) is 7.36. The monoisotopic (exact) mass is 464 g/mol. The van der Waals surface area contributed by atoms with E-state index in [-0.39, 0.29) is 19.6 Å². The third-order valence-corrected chi connectivity index (χ3v) is 5.11. The maximum atomic E-state index is 10.7. The molecule has 0 saturated heterocycles. The first kappa shape index (κ1) is 23.2. The zero-order chi connectivity index (χ0) is 23.9. The summed E-state index contributed by atoms with van der Waals surface area (Å²) in [7, 11) is 3.07. The van der Waals surface area contributed by atoms with Crippen LogP contribution >= 0.6 is 0 Å². The van der Waals surface area contributed by atoms with Crippen LogP contribution in [0.4, 0.5) is 0 Å². The van der Waals surface area contributed by atoms with Gasteiger partial charge in [-0.05, 0) is 17.7 Å². The minimum atomic E-state index is -0.954. The van der Waals surface area contributed by atoms with E-state index in [1.54, 1.807) is 7.11 Å². The molecule has 0 radical (unpaired) electrons.